The summed E-state index contributed by atoms with van der Waals surface area (Å²) >= 11 is 0. The Morgan fingerprint density at radius 3 is 2.71 bits per heavy atom. The average Bonchev–Trinajstić information content (AvgIpc) is 3.48. The van der Waals surface area contributed by atoms with Crippen molar-refractivity contribution in [3.63, 3.8) is 0 Å². The smallest absolute Gasteiger partial charge is 0.414 e. The maximum atomic E-state index is 15.0. The summed E-state index contributed by atoms with van der Waals surface area (Å²) in [5.74, 6) is -0.270. The van der Waals surface area contributed by atoms with E-state index < -0.39 is 18.0 Å². The number of carbonyl (C=O) groups is 2. The van der Waals surface area contributed by atoms with E-state index in [9.17, 15) is 9.59 Å². The van der Waals surface area contributed by atoms with E-state index in [1.165, 1.54) is 29.0 Å². The number of aryl methyl sites for hydroxylation is 1. The zero-order chi connectivity index (χ0) is 26.6. The van der Waals surface area contributed by atoms with E-state index >= 15 is 4.39 Å². The lowest BCUT2D eigenvalue weighted by Gasteiger charge is -2.15. The van der Waals surface area contributed by atoms with Crippen LogP contribution < -0.4 is 15.5 Å². The van der Waals surface area contributed by atoms with E-state index in [1.54, 1.807) is 12.1 Å². The fourth-order valence-electron chi connectivity index (χ4n) is 4.86. The molecule has 2 aliphatic rings. The Hall–Kier alpha value is -4.04. The van der Waals surface area contributed by atoms with Crippen molar-refractivity contribution in [1.29, 1.82) is 0 Å². The van der Waals surface area contributed by atoms with Gasteiger partial charge in [0.05, 0.1) is 24.5 Å². The first-order chi connectivity index (χ1) is 18.4. The molecule has 0 radical (unpaired) electrons. The molecule has 5 rings (SSSR count). The van der Waals surface area contributed by atoms with Crippen LogP contribution in [0.4, 0.5) is 20.6 Å². The van der Waals surface area contributed by atoms with Crippen molar-refractivity contribution in [2.45, 2.75) is 38.8 Å². The van der Waals surface area contributed by atoms with Crippen molar-refractivity contribution in [3.8, 4) is 11.1 Å². The Kier molecular flexibility index (Phi) is 7.51. The van der Waals surface area contributed by atoms with Gasteiger partial charge in [-0.05, 0) is 60.8 Å². The molecule has 0 saturated carbocycles. The Balaban J connectivity index is 1.14. The molecule has 7 nitrogen and oxygen atoms in total. The number of rotatable bonds is 9. The SMILES string of the molecule is CC(=O)NC[C@H]1CN(c2ccc(-c3ccc(CNCCC4C=Nc5ccc(C)cc54)cc3)c(F)c2)C(=O)O1. The quantitative estimate of drug-likeness (QED) is 0.383. The van der Waals surface area contributed by atoms with Gasteiger partial charge in [-0.15, -0.1) is 0 Å². The number of ether oxygens (including phenoxy) is 1. The topological polar surface area (TPSA) is 83.0 Å². The van der Waals surface area contributed by atoms with E-state index in [0.29, 0.717) is 17.2 Å². The zero-order valence-electron chi connectivity index (χ0n) is 21.5. The van der Waals surface area contributed by atoms with Crippen LogP contribution in [0.2, 0.25) is 0 Å². The van der Waals surface area contributed by atoms with Crippen LogP contribution in [0.1, 0.15) is 36.0 Å². The van der Waals surface area contributed by atoms with Crippen LogP contribution in [0.5, 0.6) is 0 Å². The fraction of sp³-hybridized carbons (Fsp3) is 0.300. The van der Waals surface area contributed by atoms with Crippen LogP contribution in [0.15, 0.2) is 65.7 Å². The molecule has 3 aromatic carbocycles. The van der Waals surface area contributed by atoms with Gasteiger partial charge in [-0.3, -0.25) is 14.7 Å². The van der Waals surface area contributed by atoms with E-state index in [1.807, 2.05) is 30.5 Å². The lowest BCUT2D eigenvalue weighted by Crippen LogP contribution is -2.33. The molecule has 2 amide bonds. The zero-order valence-corrected chi connectivity index (χ0v) is 21.5. The van der Waals surface area contributed by atoms with Gasteiger partial charge in [-0.25, -0.2) is 9.18 Å². The normalized spacial score (nSPS) is 18.0. The van der Waals surface area contributed by atoms with Gasteiger partial charge in [0.25, 0.3) is 0 Å². The molecule has 1 unspecified atom stereocenters. The average molecular weight is 515 g/mol. The number of hydrogen-bond acceptors (Lipinski definition) is 5. The number of aliphatic imine (C=N–C) groups is 1. The second-order valence-electron chi connectivity index (χ2n) is 9.83. The third kappa shape index (κ3) is 5.75. The highest BCUT2D eigenvalue weighted by Gasteiger charge is 2.32. The number of anilines is 1. The first kappa shape index (κ1) is 25.6. The van der Waals surface area contributed by atoms with E-state index in [4.69, 9.17) is 4.74 Å². The molecular formula is C30H31FN4O3. The van der Waals surface area contributed by atoms with Crippen molar-refractivity contribution >= 4 is 29.6 Å². The van der Waals surface area contributed by atoms with E-state index in [-0.39, 0.29) is 19.0 Å². The highest BCUT2D eigenvalue weighted by atomic mass is 19.1. The molecule has 2 aliphatic heterocycles. The first-order valence-corrected chi connectivity index (χ1v) is 12.8. The van der Waals surface area contributed by atoms with Gasteiger partial charge in [-0.1, -0.05) is 42.0 Å². The number of fused-ring (bicyclic) bond motifs is 1. The molecule has 0 aromatic heterocycles. The summed E-state index contributed by atoms with van der Waals surface area (Å²) in [5.41, 5.74) is 6.40. The Labute approximate surface area is 221 Å². The second kappa shape index (κ2) is 11.1. The summed E-state index contributed by atoms with van der Waals surface area (Å²) in [6.45, 7) is 5.57. The van der Waals surface area contributed by atoms with Crippen LogP contribution in [0.25, 0.3) is 11.1 Å². The Bertz CT molecular complexity index is 1370. The number of halogens is 1. The largest absolute Gasteiger partial charge is 0.442 e. The summed E-state index contributed by atoms with van der Waals surface area (Å²) < 4.78 is 20.3. The number of nitrogens with zero attached hydrogens (tertiary/aromatic N) is 2. The summed E-state index contributed by atoms with van der Waals surface area (Å²) in [4.78, 5) is 29.3. The van der Waals surface area contributed by atoms with Crippen molar-refractivity contribution in [3.05, 3.63) is 83.2 Å². The van der Waals surface area contributed by atoms with Gasteiger partial charge >= 0.3 is 6.09 Å². The number of carbonyl (C=O) groups excluding carboxylic acids is 2. The minimum atomic E-state index is -0.552. The third-order valence-corrected chi connectivity index (χ3v) is 6.92. The highest BCUT2D eigenvalue weighted by Crippen LogP contribution is 2.34. The van der Waals surface area contributed by atoms with Crippen molar-refractivity contribution in [2.24, 2.45) is 4.99 Å². The second-order valence-corrected chi connectivity index (χ2v) is 9.83. The van der Waals surface area contributed by atoms with Crippen LogP contribution >= 0.6 is 0 Å². The number of amides is 2. The molecule has 2 heterocycles. The van der Waals surface area contributed by atoms with Gasteiger partial charge in [-0.2, -0.15) is 0 Å². The minimum Gasteiger partial charge on any atom is -0.442 e. The molecule has 196 valence electrons. The molecule has 2 N–H and O–H groups in total. The van der Waals surface area contributed by atoms with E-state index in [2.05, 4.69) is 40.7 Å². The van der Waals surface area contributed by atoms with Gasteiger partial charge in [0.2, 0.25) is 5.91 Å². The lowest BCUT2D eigenvalue weighted by atomic mass is 9.96. The summed E-state index contributed by atoms with van der Waals surface area (Å²) in [7, 11) is 0. The Morgan fingerprint density at radius 2 is 1.95 bits per heavy atom. The molecular weight excluding hydrogens is 483 g/mol. The summed E-state index contributed by atoms with van der Waals surface area (Å²) in [6, 6.07) is 18.9. The van der Waals surface area contributed by atoms with Gasteiger partial charge < -0.3 is 15.4 Å². The van der Waals surface area contributed by atoms with Crippen molar-refractivity contribution in [2.75, 3.05) is 24.5 Å². The minimum absolute atomic E-state index is 0.197. The van der Waals surface area contributed by atoms with Crippen LogP contribution in [-0.4, -0.2) is 44.0 Å². The third-order valence-electron chi connectivity index (χ3n) is 6.92. The first-order valence-electron chi connectivity index (χ1n) is 12.8. The molecule has 0 spiro atoms. The number of cyclic esters (lactones) is 1. The molecule has 0 aliphatic carbocycles. The molecule has 1 saturated heterocycles. The molecule has 0 bridgehead atoms. The van der Waals surface area contributed by atoms with Crippen LogP contribution in [-0.2, 0) is 16.1 Å². The van der Waals surface area contributed by atoms with Crippen LogP contribution in [0, 0.1) is 12.7 Å². The highest BCUT2D eigenvalue weighted by molar-refractivity contribution is 5.90. The lowest BCUT2D eigenvalue weighted by molar-refractivity contribution is -0.119. The maximum absolute atomic E-state index is 15.0. The monoisotopic (exact) mass is 514 g/mol. The van der Waals surface area contributed by atoms with Crippen molar-refractivity contribution < 1.29 is 18.7 Å². The molecule has 1 fully saturated rings. The van der Waals surface area contributed by atoms with Gasteiger partial charge in [0.15, 0.2) is 0 Å². The number of nitrogens with one attached hydrogen (secondary N) is 2. The summed E-state index contributed by atoms with van der Waals surface area (Å²) in [6.07, 6.45) is 2.00. The summed E-state index contributed by atoms with van der Waals surface area (Å²) in [5, 5.41) is 6.13. The fourth-order valence-corrected chi connectivity index (χ4v) is 4.86. The number of benzene rings is 3. The molecule has 8 heteroatoms. The Morgan fingerprint density at radius 1 is 1.13 bits per heavy atom. The van der Waals surface area contributed by atoms with Gasteiger partial charge in [0.1, 0.15) is 11.9 Å². The number of hydrogen-bond donors (Lipinski definition) is 2. The molecule has 38 heavy (non-hydrogen) atoms. The van der Waals surface area contributed by atoms with Gasteiger partial charge in [0, 0.05) is 31.2 Å². The van der Waals surface area contributed by atoms with E-state index in [0.717, 1.165) is 36.3 Å². The van der Waals surface area contributed by atoms with Crippen LogP contribution in [0.3, 0.4) is 0 Å². The molecule has 2 atom stereocenters. The van der Waals surface area contributed by atoms with Crippen molar-refractivity contribution in [1.82, 2.24) is 10.6 Å². The predicted molar refractivity (Wildman–Crippen MR) is 147 cm³/mol. The standard InChI is InChI=1S/C30H31FN4O3/c1-19-3-10-29-27(13-19)23(16-34-29)11-12-32-15-21-4-6-22(7-5-21)26-9-8-24(14-28(26)31)35-18-25(38-30(35)37)17-33-20(2)36/h3-10,13-14,16,23,25,32H,11-12,15,17-18H2,1-2H3,(H,33,36)/t23?,25-/m0/s1. The maximum Gasteiger partial charge on any atom is 0.414 e. The predicted octanol–water partition coefficient (Wildman–Crippen LogP) is 5.24. The molecule has 3 aromatic rings.